The van der Waals surface area contributed by atoms with Gasteiger partial charge < -0.3 is 0 Å². The van der Waals surface area contributed by atoms with Crippen LogP contribution in [0, 0.1) is 0 Å². The molecular formula is C8H3Cl2F5. The van der Waals surface area contributed by atoms with Gasteiger partial charge in [-0.25, -0.2) is 0 Å². The van der Waals surface area contributed by atoms with Crippen LogP contribution in [0.5, 0.6) is 0 Å². The molecule has 0 fully saturated rings. The molecule has 0 amide bonds. The molecule has 0 unspecified atom stereocenters. The molecule has 0 spiro atoms. The number of alkyl halides is 6. The summed E-state index contributed by atoms with van der Waals surface area (Å²) in [5.74, 6) is 0. The van der Waals surface area contributed by atoms with Crippen LogP contribution in [0.4, 0.5) is 22.0 Å². The van der Waals surface area contributed by atoms with Crippen molar-refractivity contribution in [3.8, 4) is 0 Å². The molecule has 0 bridgehead atoms. The van der Waals surface area contributed by atoms with Gasteiger partial charge in [0.05, 0.1) is 16.1 Å². The molecule has 7 heteroatoms. The maximum absolute atomic E-state index is 12.5. The molecule has 0 aliphatic carbocycles. The molecule has 1 rings (SSSR count). The van der Waals surface area contributed by atoms with E-state index >= 15 is 0 Å². The predicted octanol–water partition coefficient (Wildman–Crippen LogP) is 4.65. The third kappa shape index (κ3) is 2.95. The fourth-order valence-corrected chi connectivity index (χ4v) is 1.43. The first-order chi connectivity index (χ1) is 6.62. The summed E-state index contributed by atoms with van der Waals surface area (Å²) in [6, 6.07) is 1.46. The van der Waals surface area contributed by atoms with Crippen molar-refractivity contribution in [2.75, 3.05) is 0 Å². The van der Waals surface area contributed by atoms with Gasteiger partial charge in [0.2, 0.25) is 0 Å². The number of rotatable bonds is 1. The Balaban J connectivity index is 3.21. The largest absolute Gasteiger partial charge is 0.416 e. The van der Waals surface area contributed by atoms with Gasteiger partial charge in [0.25, 0.3) is 0 Å². The predicted molar refractivity (Wildman–Crippen MR) is 46.2 cm³/mol. The van der Waals surface area contributed by atoms with Crippen LogP contribution in [-0.2, 0) is 11.6 Å². The molecule has 0 radical (unpaired) electrons. The highest BCUT2D eigenvalue weighted by molar-refractivity contribution is 6.33. The smallest absolute Gasteiger partial charge is 0.183 e. The van der Waals surface area contributed by atoms with Crippen LogP contribution in [0.15, 0.2) is 18.2 Å². The lowest BCUT2D eigenvalue weighted by atomic mass is 10.1. The van der Waals surface area contributed by atoms with E-state index in [1.807, 2.05) is 0 Å². The molecule has 0 heterocycles. The van der Waals surface area contributed by atoms with E-state index in [4.69, 9.17) is 11.6 Å². The summed E-state index contributed by atoms with van der Waals surface area (Å²) < 4.78 is 61.4. The molecule has 15 heavy (non-hydrogen) atoms. The topological polar surface area (TPSA) is 0 Å². The van der Waals surface area contributed by atoms with Crippen LogP contribution >= 0.6 is 23.2 Å². The number of hydrogen-bond acceptors (Lipinski definition) is 0. The van der Waals surface area contributed by atoms with Gasteiger partial charge in [-0.2, -0.15) is 22.0 Å². The normalized spacial score (nSPS) is 13.0. The first-order valence-electron chi connectivity index (χ1n) is 3.56. The SMILES string of the molecule is FC(F)(F)c1ccc(C(F)(F)Cl)c(Cl)c1. The van der Waals surface area contributed by atoms with Crippen LogP contribution < -0.4 is 0 Å². The summed E-state index contributed by atoms with van der Waals surface area (Å²) in [5.41, 5.74) is -1.95. The molecule has 1 aromatic rings. The summed E-state index contributed by atoms with van der Waals surface area (Å²) in [6.07, 6.45) is -4.62. The minimum Gasteiger partial charge on any atom is -0.183 e. The maximum atomic E-state index is 12.5. The first kappa shape index (κ1) is 12.5. The molecule has 0 saturated carbocycles. The van der Waals surface area contributed by atoms with E-state index in [1.165, 1.54) is 0 Å². The van der Waals surface area contributed by atoms with Crippen LogP contribution in [0.2, 0.25) is 5.02 Å². The van der Waals surface area contributed by atoms with Crippen molar-refractivity contribution in [1.29, 1.82) is 0 Å². The minimum atomic E-state index is -4.62. The summed E-state index contributed by atoms with van der Waals surface area (Å²) in [5, 5.41) is -4.49. The zero-order chi connectivity index (χ0) is 11.9. The second-order valence-corrected chi connectivity index (χ2v) is 3.57. The maximum Gasteiger partial charge on any atom is 0.416 e. The lowest BCUT2D eigenvalue weighted by Gasteiger charge is -2.12. The van der Waals surface area contributed by atoms with Crippen molar-refractivity contribution >= 4 is 23.2 Å². The first-order valence-corrected chi connectivity index (χ1v) is 4.32. The highest BCUT2D eigenvalue weighted by atomic mass is 35.5. The summed E-state index contributed by atoms with van der Waals surface area (Å²) in [4.78, 5) is 0. The molecule has 1 aromatic carbocycles. The van der Waals surface area contributed by atoms with Gasteiger partial charge >= 0.3 is 11.6 Å². The lowest BCUT2D eigenvalue weighted by molar-refractivity contribution is -0.137. The molecule has 84 valence electrons. The monoisotopic (exact) mass is 264 g/mol. The number of halogens is 7. The van der Waals surface area contributed by atoms with Gasteiger partial charge in [-0.05, 0) is 29.8 Å². The van der Waals surface area contributed by atoms with Crippen LogP contribution in [0.25, 0.3) is 0 Å². The molecule has 0 aliphatic heterocycles. The Bertz CT molecular complexity index is 366. The fourth-order valence-electron chi connectivity index (χ4n) is 0.921. The summed E-state index contributed by atoms with van der Waals surface area (Å²) in [6.45, 7) is 0. The van der Waals surface area contributed by atoms with E-state index in [1.54, 1.807) is 0 Å². The van der Waals surface area contributed by atoms with Crippen LogP contribution in [-0.4, -0.2) is 0 Å². The Morgan fingerprint density at radius 3 is 1.87 bits per heavy atom. The molecule has 0 aliphatic rings. The van der Waals surface area contributed by atoms with E-state index in [9.17, 15) is 22.0 Å². The second kappa shape index (κ2) is 3.79. The van der Waals surface area contributed by atoms with E-state index in [-0.39, 0.29) is 0 Å². The van der Waals surface area contributed by atoms with Crippen molar-refractivity contribution in [1.82, 2.24) is 0 Å². The van der Waals surface area contributed by atoms with Crippen molar-refractivity contribution in [2.45, 2.75) is 11.6 Å². The molecule has 0 N–H and O–H groups in total. The molecule has 0 saturated heterocycles. The fraction of sp³-hybridized carbons (Fsp3) is 0.250. The average molecular weight is 265 g/mol. The third-order valence-corrected chi connectivity index (χ3v) is 2.12. The number of hydrogen-bond donors (Lipinski definition) is 0. The molecule has 0 aromatic heterocycles. The lowest BCUT2D eigenvalue weighted by Crippen LogP contribution is -2.08. The van der Waals surface area contributed by atoms with Crippen LogP contribution in [0.1, 0.15) is 11.1 Å². The van der Waals surface area contributed by atoms with Gasteiger partial charge in [-0.15, -0.1) is 0 Å². The minimum absolute atomic E-state index is 0.410. The van der Waals surface area contributed by atoms with Gasteiger partial charge in [0, 0.05) is 0 Å². The second-order valence-electron chi connectivity index (χ2n) is 2.69. The summed E-state index contributed by atoms with van der Waals surface area (Å²) >= 11 is 9.89. The van der Waals surface area contributed by atoms with Crippen molar-refractivity contribution in [3.63, 3.8) is 0 Å². The zero-order valence-corrected chi connectivity index (χ0v) is 8.39. The van der Waals surface area contributed by atoms with Gasteiger partial charge in [0.1, 0.15) is 0 Å². The van der Waals surface area contributed by atoms with Gasteiger partial charge in [-0.1, -0.05) is 11.6 Å². The standard InChI is InChI=1S/C8H3Cl2F5/c9-6-3-4(8(13,14)15)1-2-5(6)7(10,11)12/h1-3H. The Hall–Kier alpha value is -0.550. The Morgan fingerprint density at radius 2 is 1.53 bits per heavy atom. The van der Waals surface area contributed by atoms with E-state index in [2.05, 4.69) is 11.6 Å². The van der Waals surface area contributed by atoms with Crippen molar-refractivity contribution < 1.29 is 22.0 Å². The summed E-state index contributed by atoms with van der Waals surface area (Å²) in [7, 11) is 0. The van der Waals surface area contributed by atoms with Crippen molar-refractivity contribution in [2.24, 2.45) is 0 Å². The van der Waals surface area contributed by atoms with Gasteiger partial charge in [0.15, 0.2) is 0 Å². The average Bonchev–Trinajstić information content (AvgIpc) is 1.99. The molecule has 0 nitrogen and oxygen atoms in total. The number of benzene rings is 1. The quantitative estimate of drug-likeness (QED) is 0.512. The highest BCUT2D eigenvalue weighted by Crippen LogP contribution is 2.39. The zero-order valence-electron chi connectivity index (χ0n) is 6.88. The Labute approximate surface area is 91.6 Å². The molecule has 0 atom stereocenters. The van der Waals surface area contributed by atoms with Gasteiger partial charge in [-0.3, -0.25) is 0 Å². The third-order valence-electron chi connectivity index (χ3n) is 1.60. The Morgan fingerprint density at radius 1 is 1.00 bits per heavy atom. The highest BCUT2D eigenvalue weighted by Gasteiger charge is 2.35. The van der Waals surface area contributed by atoms with E-state index in [0.29, 0.717) is 18.2 Å². The van der Waals surface area contributed by atoms with E-state index in [0.717, 1.165) is 0 Å². The Kier molecular flexibility index (Phi) is 3.16. The molecular weight excluding hydrogens is 262 g/mol. The van der Waals surface area contributed by atoms with Crippen molar-refractivity contribution in [3.05, 3.63) is 34.3 Å². The van der Waals surface area contributed by atoms with E-state index < -0.39 is 27.7 Å². The van der Waals surface area contributed by atoms with Crippen LogP contribution in [0.3, 0.4) is 0 Å².